The SMILES string of the molecule is C1=CC(CNCc2cccc(CNCc3ccccc3)c2)=CCC1. The van der Waals surface area contributed by atoms with Crippen LogP contribution in [0.3, 0.4) is 0 Å². The zero-order valence-corrected chi connectivity index (χ0v) is 14.2. The molecule has 2 N–H and O–H groups in total. The van der Waals surface area contributed by atoms with Gasteiger partial charge in [0.2, 0.25) is 0 Å². The summed E-state index contributed by atoms with van der Waals surface area (Å²) in [5.74, 6) is 0. The minimum absolute atomic E-state index is 0.899. The van der Waals surface area contributed by atoms with E-state index < -0.39 is 0 Å². The Kier molecular flexibility index (Phi) is 6.41. The van der Waals surface area contributed by atoms with Crippen LogP contribution in [-0.4, -0.2) is 6.54 Å². The molecule has 2 aromatic rings. The third-order valence-corrected chi connectivity index (χ3v) is 4.22. The first-order chi connectivity index (χ1) is 11.9. The quantitative estimate of drug-likeness (QED) is 0.756. The normalized spacial score (nSPS) is 13.8. The Morgan fingerprint density at radius 1 is 0.667 bits per heavy atom. The highest BCUT2D eigenvalue weighted by molar-refractivity contribution is 5.26. The van der Waals surface area contributed by atoms with Crippen molar-refractivity contribution in [1.29, 1.82) is 0 Å². The molecule has 1 aliphatic carbocycles. The van der Waals surface area contributed by atoms with Gasteiger partial charge in [0.1, 0.15) is 0 Å². The van der Waals surface area contributed by atoms with Crippen molar-refractivity contribution in [3.63, 3.8) is 0 Å². The second-order valence-electron chi connectivity index (χ2n) is 6.27. The molecule has 2 nitrogen and oxygen atoms in total. The fraction of sp³-hybridized carbons (Fsp3) is 0.273. The average molecular weight is 318 g/mol. The maximum Gasteiger partial charge on any atom is 0.0208 e. The predicted molar refractivity (Wildman–Crippen MR) is 102 cm³/mol. The van der Waals surface area contributed by atoms with Crippen molar-refractivity contribution >= 4 is 0 Å². The molecule has 0 atom stereocenters. The molecule has 0 saturated heterocycles. The number of benzene rings is 2. The van der Waals surface area contributed by atoms with Crippen molar-refractivity contribution in [2.24, 2.45) is 0 Å². The lowest BCUT2D eigenvalue weighted by Gasteiger charge is -2.10. The van der Waals surface area contributed by atoms with E-state index in [1.165, 1.54) is 35.1 Å². The Morgan fingerprint density at radius 2 is 1.33 bits per heavy atom. The van der Waals surface area contributed by atoms with E-state index in [4.69, 9.17) is 0 Å². The standard InChI is InChI=1S/C22H26N2/c1-3-8-19(9-4-1)15-23-17-21-12-7-13-22(14-21)18-24-16-20-10-5-2-6-11-20/h1,3-5,7-14,23-24H,2,6,15-18H2. The minimum atomic E-state index is 0.899. The molecule has 0 bridgehead atoms. The van der Waals surface area contributed by atoms with Gasteiger partial charge in [0, 0.05) is 26.2 Å². The maximum absolute atomic E-state index is 3.54. The van der Waals surface area contributed by atoms with Crippen LogP contribution in [0.25, 0.3) is 0 Å². The summed E-state index contributed by atoms with van der Waals surface area (Å²) >= 11 is 0. The zero-order chi connectivity index (χ0) is 16.5. The Hall–Kier alpha value is -2.16. The van der Waals surface area contributed by atoms with Crippen LogP contribution in [0.15, 0.2) is 78.4 Å². The number of nitrogens with one attached hydrogen (secondary N) is 2. The van der Waals surface area contributed by atoms with Crippen LogP contribution in [0.5, 0.6) is 0 Å². The van der Waals surface area contributed by atoms with Gasteiger partial charge in [-0.25, -0.2) is 0 Å². The molecule has 0 amide bonds. The van der Waals surface area contributed by atoms with Crippen molar-refractivity contribution in [1.82, 2.24) is 10.6 Å². The predicted octanol–water partition coefficient (Wildman–Crippen LogP) is 4.34. The third-order valence-electron chi connectivity index (χ3n) is 4.22. The molecule has 0 heterocycles. The Morgan fingerprint density at radius 3 is 2.04 bits per heavy atom. The van der Waals surface area contributed by atoms with Crippen LogP contribution >= 0.6 is 0 Å². The van der Waals surface area contributed by atoms with Gasteiger partial charge in [-0.15, -0.1) is 0 Å². The van der Waals surface area contributed by atoms with Gasteiger partial charge in [0.05, 0.1) is 0 Å². The lowest BCUT2D eigenvalue weighted by molar-refractivity contribution is 0.690. The summed E-state index contributed by atoms with van der Waals surface area (Å²) in [4.78, 5) is 0. The number of hydrogen-bond donors (Lipinski definition) is 2. The van der Waals surface area contributed by atoms with E-state index in [0.29, 0.717) is 0 Å². The molecule has 1 aliphatic rings. The van der Waals surface area contributed by atoms with Crippen molar-refractivity contribution in [3.8, 4) is 0 Å². The number of hydrogen-bond acceptors (Lipinski definition) is 2. The second-order valence-corrected chi connectivity index (χ2v) is 6.27. The highest BCUT2D eigenvalue weighted by Gasteiger charge is 1.99. The highest BCUT2D eigenvalue weighted by atomic mass is 14.9. The first-order valence-electron chi connectivity index (χ1n) is 8.79. The lowest BCUT2D eigenvalue weighted by atomic mass is 10.1. The van der Waals surface area contributed by atoms with Crippen molar-refractivity contribution in [2.75, 3.05) is 6.54 Å². The van der Waals surface area contributed by atoms with Gasteiger partial charge in [-0.1, -0.05) is 72.8 Å². The molecule has 0 aromatic heterocycles. The van der Waals surface area contributed by atoms with Crippen LogP contribution in [-0.2, 0) is 19.6 Å². The molecule has 0 unspecified atom stereocenters. The monoisotopic (exact) mass is 318 g/mol. The first kappa shape index (κ1) is 16.7. The van der Waals surface area contributed by atoms with Crippen molar-refractivity contribution < 1.29 is 0 Å². The third kappa shape index (κ3) is 5.48. The molecule has 0 radical (unpaired) electrons. The van der Waals surface area contributed by atoms with Gasteiger partial charge in [0.15, 0.2) is 0 Å². The number of allylic oxidation sites excluding steroid dienone is 2. The Balaban J connectivity index is 1.43. The highest BCUT2D eigenvalue weighted by Crippen LogP contribution is 2.09. The summed E-state index contributed by atoms with van der Waals surface area (Å²) < 4.78 is 0. The lowest BCUT2D eigenvalue weighted by Crippen LogP contribution is -2.17. The summed E-state index contributed by atoms with van der Waals surface area (Å²) in [5.41, 5.74) is 5.41. The van der Waals surface area contributed by atoms with Crippen LogP contribution in [0.4, 0.5) is 0 Å². The molecule has 124 valence electrons. The van der Waals surface area contributed by atoms with E-state index in [-0.39, 0.29) is 0 Å². The van der Waals surface area contributed by atoms with E-state index in [1.807, 2.05) is 0 Å². The van der Waals surface area contributed by atoms with Gasteiger partial charge < -0.3 is 10.6 Å². The molecule has 2 aromatic carbocycles. The topological polar surface area (TPSA) is 24.1 Å². The molecule has 0 spiro atoms. The molecule has 0 fully saturated rings. The molecular formula is C22H26N2. The van der Waals surface area contributed by atoms with E-state index in [1.54, 1.807) is 0 Å². The Bertz CT molecular complexity index is 686. The summed E-state index contributed by atoms with van der Waals surface area (Å²) in [5, 5.41) is 7.05. The van der Waals surface area contributed by atoms with Crippen molar-refractivity contribution in [2.45, 2.75) is 32.5 Å². The smallest absolute Gasteiger partial charge is 0.0208 e. The van der Waals surface area contributed by atoms with E-state index in [2.05, 4.69) is 83.5 Å². The molecule has 3 rings (SSSR count). The fourth-order valence-corrected chi connectivity index (χ4v) is 2.95. The van der Waals surface area contributed by atoms with Gasteiger partial charge >= 0.3 is 0 Å². The first-order valence-corrected chi connectivity index (χ1v) is 8.79. The summed E-state index contributed by atoms with van der Waals surface area (Å²) in [6.07, 6.45) is 9.19. The van der Waals surface area contributed by atoms with Crippen LogP contribution < -0.4 is 10.6 Å². The van der Waals surface area contributed by atoms with Gasteiger partial charge in [0.25, 0.3) is 0 Å². The van der Waals surface area contributed by atoms with Crippen molar-refractivity contribution in [3.05, 3.63) is 95.1 Å². The van der Waals surface area contributed by atoms with E-state index in [0.717, 1.165) is 26.2 Å². The van der Waals surface area contributed by atoms with Crippen LogP contribution in [0.1, 0.15) is 29.5 Å². The average Bonchev–Trinajstić information content (AvgIpc) is 2.64. The summed E-state index contributed by atoms with van der Waals surface area (Å²) in [7, 11) is 0. The van der Waals surface area contributed by atoms with Gasteiger partial charge in [-0.3, -0.25) is 0 Å². The van der Waals surface area contributed by atoms with Gasteiger partial charge in [-0.05, 0) is 35.1 Å². The largest absolute Gasteiger partial charge is 0.309 e. The molecule has 24 heavy (non-hydrogen) atoms. The second kappa shape index (κ2) is 9.21. The van der Waals surface area contributed by atoms with E-state index >= 15 is 0 Å². The summed E-state index contributed by atoms with van der Waals surface area (Å²) in [6, 6.07) is 19.3. The fourth-order valence-electron chi connectivity index (χ4n) is 2.95. The molecule has 2 heteroatoms. The number of rotatable bonds is 8. The van der Waals surface area contributed by atoms with E-state index in [9.17, 15) is 0 Å². The van der Waals surface area contributed by atoms with Gasteiger partial charge in [-0.2, -0.15) is 0 Å². The molecule has 0 saturated carbocycles. The van der Waals surface area contributed by atoms with Crippen LogP contribution in [0.2, 0.25) is 0 Å². The summed E-state index contributed by atoms with van der Waals surface area (Å²) in [6.45, 7) is 3.67. The Labute approximate surface area is 145 Å². The zero-order valence-electron chi connectivity index (χ0n) is 14.2. The minimum Gasteiger partial charge on any atom is -0.309 e. The molecule has 0 aliphatic heterocycles. The van der Waals surface area contributed by atoms with Crippen LogP contribution in [0, 0.1) is 0 Å². The maximum atomic E-state index is 3.54. The molecular weight excluding hydrogens is 292 g/mol.